The van der Waals surface area contributed by atoms with Crippen LogP contribution < -0.4 is 0 Å². The van der Waals surface area contributed by atoms with Crippen molar-refractivity contribution in [1.29, 1.82) is 0 Å². The van der Waals surface area contributed by atoms with E-state index in [2.05, 4.69) is 41.5 Å². The summed E-state index contributed by atoms with van der Waals surface area (Å²) >= 11 is -0.844. The van der Waals surface area contributed by atoms with Gasteiger partial charge in [0.1, 0.15) is 0 Å². The molecule has 4 nitrogen and oxygen atoms in total. The summed E-state index contributed by atoms with van der Waals surface area (Å²) in [4.78, 5) is 18.0. The van der Waals surface area contributed by atoms with Crippen LogP contribution in [0.1, 0.15) is 55.4 Å². The summed E-state index contributed by atoms with van der Waals surface area (Å²) in [5, 5.41) is 14.8. The summed E-state index contributed by atoms with van der Waals surface area (Å²) in [6.45, 7) is 16.5. The van der Waals surface area contributed by atoms with Gasteiger partial charge in [-0.3, -0.25) is 9.59 Å². The van der Waals surface area contributed by atoms with E-state index >= 15 is 0 Å². The van der Waals surface area contributed by atoms with Crippen molar-refractivity contribution in [3.63, 3.8) is 0 Å². The van der Waals surface area contributed by atoms with Crippen molar-refractivity contribution in [3.8, 4) is 0 Å². The Hall–Kier alpha value is -0.242. The maximum absolute atomic E-state index is 9.00. The van der Waals surface area contributed by atoms with E-state index in [-0.39, 0.29) is 0 Å². The molecule has 0 heterocycles. The van der Waals surface area contributed by atoms with Gasteiger partial charge in [-0.05, 0) is 0 Å². The summed E-state index contributed by atoms with van der Waals surface area (Å²) in [6.07, 6.45) is 0. The van der Waals surface area contributed by atoms with E-state index in [0.29, 0.717) is 0 Å². The van der Waals surface area contributed by atoms with Crippen molar-refractivity contribution < 1.29 is 19.8 Å². The number of carboxylic acids is 2. The Kier molecular flexibility index (Phi) is 19.7. The second kappa shape index (κ2) is 16.1. The molecular weight excluding hydrogens is 378 g/mol. The SMILES string of the molecule is CC(=O)O.CC(=O)O.CC(C)[CH2][Sb]([CH2]C(C)C)[CH2]C(C)C. The van der Waals surface area contributed by atoms with E-state index < -0.39 is 32.1 Å². The Balaban J connectivity index is -0.000000334. The molecule has 0 radical (unpaired) electrons. The molecule has 0 bridgehead atoms. The average molecular weight is 413 g/mol. The van der Waals surface area contributed by atoms with Gasteiger partial charge in [0.05, 0.1) is 0 Å². The minimum absolute atomic E-state index is 0.833. The molecule has 0 spiro atoms. The van der Waals surface area contributed by atoms with Gasteiger partial charge in [-0.15, -0.1) is 0 Å². The summed E-state index contributed by atoms with van der Waals surface area (Å²) in [5.41, 5.74) is 0. The Morgan fingerprint density at radius 1 is 0.714 bits per heavy atom. The molecule has 0 rings (SSSR count). The molecular formula is C16H35O4Sb. The number of carboxylic acid groups (broad SMARTS) is 2. The van der Waals surface area contributed by atoms with Gasteiger partial charge in [-0.25, -0.2) is 0 Å². The zero-order valence-corrected chi connectivity index (χ0v) is 17.6. The van der Waals surface area contributed by atoms with E-state index in [4.69, 9.17) is 19.8 Å². The molecule has 0 amide bonds. The number of carbonyl (C=O) groups is 2. The predicted octanol–water partition coefficient (Wildman–Crippen LogP) is 4.63. The fourth-order valence-corrected chi connectivity index (χ4v) is 11.9. The fraction of sp³-hybridized carbons (Fsp3) is 0.875. The molecule has 128 valence electrons. The van der Waals surface area contributed by atoms with Gasteiger partial charge >= 0.3 is 92.6 Å². The quantitative estimate of drug-likeness (QED) is 0.623. The standard InChI is InChI=1S/3C4H9.2C2H4O2.Sb/c3*1-4(2)3;2*1-2(3)4;/h3*4H,1H2,2-3H3;2*1H3,(H,3,4);. The topological polar surface area (TPSA) is 74.6 Å². The molecule has 0 aromatic carbocycles. The van der Waals surface area contributed by atoms with Crippen molar-refractivity contribution in [2.75, 3.05) is 0 Å². The summed E-state index contributed by atoms with van der Waals surface area (Å²) in [7, 11) is 0. The zero-order chi connectivity index (χ0) is 17.6. The predicted molar refractivity (Wildman–Crippen MR) is 91.3 cm³/mol. The first-order valence-electron chi connectivity index (χ1n) is 7.49. The van der Waals surface area contributed by atoms with Crippen molar-refractivity contribution in [2.45, 2.75) is 68.5 Å². The first-order valence-corrected chi connectivity index (χ1v) is 12.9. The number of hydrogen-bond acceptors (Lipinski definition) is 2. The van der Waals surface area contributed by atoms with Crippen LogP contribution in [0.15, 0.2) is 0 Å². The summed E-state index contributed by atoms with van der Waals surface area (Å²) < 4.78 is 4.79. The van der Waals surface area contributed by atoms with Gasteiger partial charge in [0, 0.05) is 13.8 Å². The number of rotatable bonds is 6. The Bertz CT molecular complexity index is 219. The van der Waals surface area contributed by atoms with Gasteiger partial charge < -0.3 is 10.2 Å². The molecule has 0 aliphatic carbocycles. The molecule has 0 saturated carbocycles. The average Bonchev–Trinajstić information content (AvgIpc) is 2.10. The van der Waals surface area contributed by atoms with Crippen LogP contribution in [0, 0.1) is 17.8 Å². The maximum atomic E-state index is 9.00. The monoisotopic (exact) mass is 412 g/mol. The van der Waals surface area contributed by atoms with Crippen LogP contribution in [0.2, 0.25) is 13.1 Å². The molecule has 0 unspecified atom stereocenters. The van der Waals surface area contributed by atoms with E-state index in [1.807, 2.05) is 0 Å². The summed E-state index contributed by atoms with van der Waals surface area (Å²) in [6, 6.07) is 0. The number of hydrogen-bond donors (Lipinski definition) is 2. The molecule has 5 heteroatoms. The second-order valence-electron chi connectivity index (χ2n) is 6.44. The molecule has 2 N–H and O–H groups in total. The molecule has 0 aliphatic heterocycles. The first-order chi connectivity index (χ1) is 9.38. The van der Waals surface area contributed by atoms with Crippen LogP contribution in [0.3, 0.4) is 0 Å². The summed E-state index contributed by atoms with van der Waals surface area (Å²) in [5.74, 6) is 1.17. The van der Waals surface area contributed by atoms with E-state index in [9.17, 15) is 0 Å². The fourth-order valence-electron chi connectivity index (χ4n) is 1.77. The Labute approximate surface area is 138 Å². The van der Waals surface area contributed by atoms with Gasteiger partial charge in [0.15, 0.2) is 0 Å². The van der Waals surface area contributed by atoms with Crippen LogP contribution >= 0.6 is 0 Å². The van der Waals surface area contributed by atoms with Crippen molar-refractivity contribution >= 4 is 32.1 Å². The first kappa shape index (κ1) is 25.7. The van der Waals surface area contributed by atoms with Crippen molar-refractivity contribution in [3.05, 3.63) is 0 Å². The minimum atomic E-state index is -0.844. The van der Waals surface area contributed by atoms with Crippen LogP contribution in [-0.2, 0) is 9.59 Å². The third kappa shape index (κ3) is 45.1. The second-order valence-corrected chi connectivity index (χ2v) is 13.4. The number of aliphatic carboxylic acids is 2. The molecule has 0 saturated heterocycles. The molecule has 0 aromatic heterocycles. The van der Waals surface area contributed by atoms with E-state index in [0.717, 1.165) is 31.6 Å². The van der Waals surface area contributed by atoms with Crippen LogP contribution in [0.5, 0.6) is 0 Å². The Morgan fingerprint density at radius 3 is 0.952 bits per heavy atom. The van der Waals surface area contributed by atoms with Crippen LogP contribution in [-0.4, -0.2) is 42.4 Å². The van der Waals surface area contributed by atoms with Gasteiger partial charge in [0.25, 0.3) is 11.9 Å². The normalized spacial score (nSPS) is 10.1. The zero-order valence-electron chi connectivity index (χ0n) is 15.0. The molecule has 0 aromatic rings. The van der Waals surface area contributed by atoms with Crippen LogP contribution in [0.4, 0.5) is 0 Å². The van der Waals surface area contributed by atoms with E-state index in [1.165, 1.54) is 0 Å². The molecule has 0 aliphatic rings. The van der Waals surface area contributed by atoms with E-state index in [1.54, 1.807) is 13.1 Å². The van der Waals surface area contributed by atoms with Crippen molar-refractivity contribution in [2.24, 2.45) is 17.8 Å². The van der Waals surface area contributed by atoms with Gasteiger partial charge in [0.2, 0.25) is 0 Å². The van der Waals surface area contributed by atoms with Crippen molar-refractivity contribution in [1.82, 2.24) is 0 Å². The molecule has 21 heavy (non-hydrogen) atoms. The third-order valence-electron chi connectivity index (χ3n) is 1.87. The van der Waals surface area contributed by atoms with Gasteiger partial charge in [-0.1, -0.05) is 0 Å². The third-order valence-corrected chi connectivity index (χ3v) is 12.5. The van der Waals surface area contributed by atoms with Gasteiger partial charge in [-0.2, -0.15) is 0 Å². The Morgan fingerprint density at radius 2 is 0.857 bits per heavy atom. The molecule has 0 atom stereocenters. The molecule has 0 fully saturated rings. The van der Waals surface area contributed by atoms with Crippen LogP contribution in [0.25, 0.3) is 0 Å².